The standard InChI is InChI=1S/C7H12.2C7H11.2Ru/c3*1-3-5-7-6-4-2;;/h3,5-7H,4H2,1-2H3;2*3,5,7H,4H2,1-2H3;;/q;2*-1;;+2. The van der Waals surface area contributed by atoms with Crippen molar-refractivity contribution in [2.24, 2.45) is 0 Å². The molecule has 0 aromatic rings. The zero-order chi connectivity index (χ0) is 16.6. The minimum Gasteiger partial charge on any atom is -0.276 e. The predicted octanol–water partition coefficient (Wildman–Crippen LogP) is 7.19. The van der Waals surface area contributed by atoms with Crippen LogP contribution in [0.1, 0.15) is 60.8 Å². The van der Waals surface area contributed by atoms with Gasteiger partial charge >= 0.3 is 19.5 Å². The fourth-order valence-corrected chi connectivity index (χ4v) is 0.890. The van der Waals surface area contributed by atoms with E-state index in [9.17, 15) is 0 Å². The van der Waals surface area contributed by atoms with E-state index in [2.05, 4.69) is 45.1 Å². The van der Waals surface area contributed by atoms with Gasteiger partial charge in [0.25, 0.3) is 0 Å². The molecule has 0 aliphatic heterocycles. The van der Waals surface area contributed by atoms with Crippen LogP contribution in [0.4, 0.5) is 0 Å². The molecule has 0 N–H and O–H groups in total. The Morgan fingerprint density at radius 2 is 1.04 bits per heavy atom. The van der Waals surface area contributed by atoms with E-state index in [0.717, 1.165) is 19.3 Å². The Labute approximate surface area is 172 Å². The van der Waals surface area contributed by atoms with Gasteiger partial charge in [0.2, 0.25) is 0 Å². The Bertz CT molecular complexity index is 266. The van der Waals surface area contributed by atoms with E-state index in [1.165, 1.54) is 0 Å². The molecule has 0 nitrogen and oxygen atoms in total. The van der Waals surface area contributed by atoms with Gasteiger partial charge in [0.1, 0.15) is 0 Å². The molecule has 0 rings (SSSR count). The summed E-state index contributed by atoms with van der Waals surface area (Å²) >= 11 is 0. The van der Waals surface area contributed by atoms with Gasteiger partial charge in [0, 0.05) is 19.5 Å². The molecule has 0 aromatic carbocycles. The third kappa shape index (κ3) is 61.5. The first-order valence-electron chi connectivity index (χ1n) is 7.88. The minimum atomic E-state index is 0. The quantitative estimate of drug-likeness (QED) is 0.211. The molecule has 0 saturated carbocycles. The van der Waals surface area contributed by atoms with Gasteiger partial charge in [-0.3, -0.25) is 12.2 Å². The minimum absolute atomic E-state index is 0. The number of hydrogen-bond acceptors (Lipinski definition) is 0. The van der Waals surface area contributed by atoms with Gasteiger partial charge < -0.3 is 0 Å². The van der Waals surface area contributed by atoms with E-state index >= 15 is 0 Å². The Morgan fingerprint density at radius 3 is 1.30 bits per heavy atom. The molecule has 0 fully saturated rings. The van der Waals surface area contributed by atoms with Gasteiger partial charge in [-0.05, 0) is 13.3 Å². The first kappa shape index (κ1) is 34.1. The van der Waals surface area contributed by atoms with Crippen molar-refractivity contribution >= 4 is 0 Å². The van der Waals surface area contributed by atoms with Gasteiger partial charge in [-0.2, -0.15) is 12.2 Å². The van der Waals surface area contributed by atoms with Crippen molar-refractivity contribution in [3.05, 3.63) is 72.9 Å². The van der Waals surface area contributed by atoms with Crippen molar-refractivity contribution in [2.75, 3.05) is 0 Å². The van der Waals surface area contributed by atoms with Crippen LogP contribution in [0.5, 0.6) is 0 Å². The van der Waals surface area contributed by atoms with E-state index in [-0.39, 0.29) is 39.0 Å². The molecular formula is C21H34Ru2. The van der Waals surface area contributed by atoms with E-state index in [0.29, 0.717) is 0 Å². The average molecular weight is 489 g/mol. The molecule has 0 spiro atoms. The summed E-state index contributed by atoms with van der Waals surface area (Å²) in [4.78, 5) is 0. The van der Waals surface area contributed by atoms with Crippen LogP contribution in [-0.2, 0) is 39.0 Å². The normalized spacial score (nSPS) is 10.7. The Hall–Kier alpha value is -0.313. The van der Waals surface area contributed by atoms with Gasteiger partial charge in [0.05, 0.1) is 0 Å². The summed E-state index contributed by atoms with van der Waals surface area (Å²) in [7, 11) is 0. The maximum atomic E-state index is 3.04. The second kappa shape index (κ2) is 43.0. The summed E-state index contributed by atoms with van der Waals surface area (Å²) in [5.41, 5.74) is 0. The van der Waals surface area contributed by atoms with Crippen molar-refractivity contribution in [3.63, 3.8) is 0 Å². The SMILES string of the molecule is CC=CC=CCC.CC=CC=[C-]CC.CC=CC=[C-]CC.[Ru+2].[Ru]. The van der Waals surface area contributed by atoms with Crippen LogP contribution >= 0.6 is 0 Å². The molecule has 0 atom stereocenters. The molecule has 134 valence electrons. The number of hydrogen-bond donors (Lipinski definition) is 0. The van der Waals surface area contributed by atoms with E-state index in [1.54, 1.807) is 0 Å². The zero-order valence-electron chi connectivity index (χ0n) is 15.6. The van der Waals surface area contributed by atoms with Gasteiger partial charge in [-0.1, -0.05) is 58.9 Å². The molecule has 2 heteroatoms. The van der Waals surface area contributed by atoms with Crippen LogP contribution in [0.3, 0.4) is 0 Å². The van der Waals surface area contributed by atoms with Crippen LogP contribution < -0.4 is 0 Å². The van der Waals surface area contributed by atoms with Crippen molar-refractivity contribution in [3.8, 4) is 0 Å². The third-order valence-corrected chi connectivity index (χ3v) is 1.90. The van der Waals surface area contributed by atoms with Gasteiger partial charge in [-0.25, -0.2) is 24.3 Å². The molecule has 0 bridgehead atoms. The summed E-state index contributed by atoms with van der Waals surface area (Å²) in [5, 5.41) is 0. The van der Waals surface area contributed by atoms with Crippen LogP contribution in [-0.4, -0.2) is 0 Å². The predicted molar refractivity (Wildman–Crippen MR) is 100 cm³/mol. The molecular weight excluding hydrogens is 454 g/mol. The maximum absolute atomic E-state index is 3.04. The zero-order valence-corrected chi connectivity index (χ0v) is 19.1. The smallest absolute Gasteiger partial charge is 0.276 e. The van der Waals surface area contributed by atoms with Crippen LogP contribution in [0.25, 0.3) is 0 Å². The van der Waals surface area contributed by atoms with Crippen molar-refractivity contribution < 1.29 is 39.0 Å². The van der Waals surface area contributed by atoms with Crippen LogP contribution in [0.15, 0.2) is 60.8 Å². The Morgan fingerprint density at radius 1 is 0.652 bits per heavy atom. The first-order chi connectivity index (χ1) is 10.2. The molecule has 0 heterocycles. The molecule has 0 aromatic heterocycles. The second-order valence-corrected chi connectivity index (χ2v) is 3.86. The van der Waals surface area contributed by atoms with E-state index < -0.39 is 0 Å². The summed E-state index contributed by atoms with van der Waals surface area (Å²) < 4.78 is 0. The largest absolute Gasteiger partial charge is 2.00 e. The fraction of sp³-hybridized carbons (Fsp3) is 0.429. The van der Waals surface area contributed by atoms with Crippen LogP contribution in [0, 0.1) is 12.2 Å². The molecule has 0 saturated heterocycles. The number of allylic oxidation sites excluding steroid dienone is 12. The van der Waals surface area contributed by atoms with E-state index in [4.69, 9.17) is 0 Å². The molecule has 0 aliphatic carbocycles. The average Bonchev–Trinajstić information content (AvgIpc) is 2.50. The molecule has 0 unspecified atom stereocenters. The fourth-order valence-electron chi connectivity index (χ4n) is 0.890. The van der Waals surface area contributed by atoms with Crippen molar-refractivity contribution in [1.82, 2.24) is 0 Å². The van der Waals surface area contributed by atoms with Crippen LogP contribution in [0.2, 0.25) is 0 Å². The summed E-state index contributed by atoms with van der Waals surface area (Å²) in [6, 6.07) is 0. The van der Waals surface area contributed by atoms with Crippen molar-refractivity contribution in [1.29, 1.82) is 0 Å². The number of rotatable bonds is 6. The van der Waals surface area contributed by atoms with Gasteiger partial charge in [0.15, 0.2) is 0 Å². The Kier molecular flexibility index (Phi) is 63.8. The molecule has 0 radical (unpaired) electrons. The van der Waals surface area contributed by atoms with Gasteiger partial charge in [-0.15, -0.1) is 12.8 Å². The Balaban J connectivity index is -0.0000000675. The monoisotopic (exact) mass is 490 g/mol. The maximum Gasteiger partial charge on any atom is 2.00 e. The summed E-state index contributed by atoms with van der Waals surface area (Å²) in [6.07, 6.45) is 29.2. The van der Waals surface area contributed by atoms with Crippen molar-refractivity contribution in [2.45, 2.75) is 60.8 Å². The summed E-state index contributed by atoms with van der Waals surface area (Å²) in [6.45, 7) is 12.3. The topological polar surface area (TPSA) is 0 Å². The molecule has 23 heavy (non-hydrogen) atoms. The second-order valence-electron chi connectivity index (χ2n) is 3.86. The molecule has 0 amide bonds. The third-order valence-electron chi connectivity index (χ3n) is 1.90. The molecule has 0 aliphatic rings. The van der Waals surface area contributed by atoms with E-state index in [1.807, 2.05) is 69.4 Å². The summed E-state index contributed by atoms with van der Waals surface area (Å²) in [5.74, 6) is 0. The first-order valence-corrected chi connectivity index (χ1v) is 7.88.